The largest absolute Gasteiger partial charge is 0.497 e. The van der Waals surface area contributed by atoms with Crippen molar-refractivity contribution in [3.8, 4) is 5.75 Å². The highest BCUT2D eigenvalue weighted by Crippen LogP contribution is 2.37. The molecule has 1 aromatic heterocycles. The van der Waals surface area contributed by atoms with E-state index in [2.05, 4.69) is 0 Å². The fourth-order valence-corrected chi connectivity index (χ4v) is 3.94. The number of aryl methyl sites for hydroxylation is 1. The van der Waals surface area contributed by atoms with Gasteiger partial charge in [-0.3, -0.25) is 4.79 Å². The van der Waals surface area contributed by atoms with Crippen LogP contribution in [0.2, 0.25) is 0 Å². The summed E-state index contributed by atoms with van der Waals surface area (Å²) in [5.41, 5.74) is 0.753. The Morgan fingerprint density at radius 1 is 1.42 bits per heavy atom. The molecule has 1 aliphatic heterocycles. The highest BCUT2D eigenvalue weighted by atomic mass is 16.5. The van der Waals surface area contributed by atoms with Crippen LogP contribution in [-0.4, -0.2) is 47.5 Å². The molecule has 0 radical (unpaired) electrons. The maximum absolute atomic E-state index is 12.0. The Labute approximate surface area is 153 Å². The number of rotatable bonds is 5. The lowest BCUT2D eigenvalue weighted by Crippen LogP contribution is -2.56. The lowest BCUT2D eigenvalue weighted by molar-refractivity contribution is -0.158. The van der Waals surface area contributed by atoms with E-state index >= 15 is 0 Å². The molecule has 0 unspecified atom stereocenters. The number of ether oxygens (including phenoxy) is 1. The molecule has 0 aliphatic carbocycles. The molecule has 0 bridgehead atoms. The molecule has 1 saturated heterocycles. The number of aliphatic hydroxyl groups excluding tert-OH is 1. The van der Waals surface area contributed by atoms with Gasteiger partial charge in [-0.05, 0) is 43.5 Å². The van der Waals surface area contributed by atoms with Crippen molar-refractivity contribution in [1.29, 1.82) is 0 Å². The zero-order chi connectivity index (χ0) is 18.9. The molecule has 0 spiro atoms. The summed E-state index contributed by atoms with van der Waals surface area (Å²) in [6, 6.07) is 7.77. The molecular formula is C20H26N2O4. The number of benzene rings is 1. The number of piperidine rings is 1. The highest BCUT2D eigenvalue weighted by Gasteiger charge is 2.48. The first kappa shape index (κ1) is 18.5. The molecule has 1 aromatic carbocycles. The van der Waals surface area contributed by atoms with Crippen molar-refractivity contribution >= 4 is 22.7 Å². The van der Waals surface area contributed by atoms with Gasteiger partial charge in [0.1, 0.15) is 17.0 Å². The van der Waals surface area contributed by atoms with E-state index in [-0.39, 0.29) is 6.54 Å². The van der Waals surface area contributed by atoms with E-state index in [4.69, 9.17) is 9.72 Å². The minimum atomic E-state index is -1.15. The van der Waals surface area contributed by atoms with Crippen molar-refractivity contribution in [3.05, 3.63) is 29.8 Å². The van der Waals surface area contributed by atoms with E-state index in [1.54, 1.807) is 7.11 Å². The number of nitrogens with zero attached hydrogens (tertiary/aromatic N) is 2. The van der Waals surface area contributed by atoms with Crippen LogP contribution in [0.4, 0.5) is 5.82 Å². The third-order valence-electron chi connectivity index (χ3n) is 5.44. The molecule has 2 N–H and O–H groups in total. The number of aliphatic hydroxyl groups is 1. The van der Waals surface area contributed by atoms with E-state index in [0.29, 0.717) is 25.8 Å². The van der Waals surface area contributed by atoms with Gasteiger partial charge in [0.2, 0.25) is 0 Å². The molecule has 1 aliphatic rings. The number of fused-ring (bicyclic) bond motifs is 1. The molecule has 2 atom stereocenters. The van der Waals surface area contributed by atoms with Crippen LogP contribution in [0.1, 0.15) is 31.7 Å². The molecular weight excluding hydrogens is 332 g/mol. The maximum Gasteiger partial charge on any atom is 0.314 e. The third kappa shape index (κ3) is 3.09. The van der Waals surface area contributed by atoms with Gasteiger partial charge in [0.15, 0.2) is 0 Å². The van der Waals surface area contributed by atoms with Gasteiger partial charge < -0.3 is 19.8 Å². The minimum absolute atomic E-state index is 0.263. The lowest BCUT2D eigenvalue weighted by atomic mass is 9.74. The van der Waals surface area contributed by atoms with Crippen LogP contribution in [0, 0.1) is 12.3 Å². The van der Waals surface area contributed by atoms with Gasteiger partial charge in [-0.25, -0.2) is 4.98 Å². The first-order valence-electron chi connectivity index (χ1n) is 9.03. The Morgan fingerprint density at radius 2 is 2.19 bits per heavy atom. The fraction of sp³-hybridized carbons (Fsp3) is 0.500. The number of hydrogen-bond acceptors (Lipinski definition) is 5. The second kappa shape index (κ2) is 7.11. The van der Waals surface area contributed by atoms with Gasteiger partial charge >= 0.3 is 5.97 Å². The Bertz CT molecular complexity index is 823. The Hall–Kier alpha value is -2.34. The number of methoxy groups -OCH3 is 1. The summed E-state index contributed by atoms with van der Waals surface area (Å²) in [5.74, 6) is 0.550. The molecule has 140 valence electrons. The predicted octanol–water partition coefficient (Wildman–Crippen LogP) is 2.99. The smallest absolute Gasteiger partial charge is 0.314 e. The van der Waals surface area contributed by atoms with Gasteiger partial charge in [0, 0.05) is 24.5 Å². The summed E-state index contributed by atoms with van der Waals surface area (Å²) in [4.78, 5) is 18.7. The van der Waals surface area contributed by atoms with Crippen LogP contribution in [0.25, 0.3) is 10.9 Å². The van der Waals surface area contributed by atoms with Crippen LogP contribution in [0.15, 0.2) is 24.3 Å². The quantitative estimate of drug-likeness (QED) is 0.855. The first-order valence-corrected chi connectivity index (χ1v) is 9.03. The van der Waals surface area contributed by atoms with E-state index in [9.17, 15) is 15.0 Å². The number of carbonyl (C=O) groups is 1. The summed E-state index contributed by atoms with van der Waals surface area (Å²) < 4.78 is 5.29. The van der Waals surface area contributed by atoms with Gasteiger partial charge in [-0.2, -0.15) is 0 Å². The lowest BCUT2D eigenvalue weighted by Gasteiger charge is -2.44. The number of aromatic nitrogens is 1. The number of carboxylic acids is 1. The van der Waals surface area contributed by atoms with E-state index < -0.39 is 17.5 Å². The van der Waals surface area contributed by atoms with Crippen molar-refractivity contribution in [2.24, 2.45) is 5.41 Å². The number of aliphatic carboxylic acids is 1. The van der Waals surface area contributed by atoms with E-state index in [1.807, 2.05) is 43.0 Å². The molecule has 6 heteroatoms. The monoisotopic (exact) mass is 358 g/mol. The second-order valence-electron chi connectivity index (χ2n) is 7.12. The average molecular weight is 358 g/mol. The molecule has 3 rings (SSSR count). The highest BCUT2D eigenvalue weighted by molar-refractivity contribution is 5.85. The van der Waals surface area contributed by atoms with Gasteiger partial charge in [-0.15, -0.1) is 0 Å². The average Bonchev–Trinajstić information content (AvgIpc) is 2.62. The standard InChI is InChI=1S/C20H26N2O4/c1-4-8-20(19(24)25)12-22(9-7-17(20)23)18-10-13(2)15-6-5-14(26-3)11-16(15)21-18/h5-6,10-11,17,23H,4,7-9,12H2,1-3H3,(H,24,25)/t17-,20+/m1/s1. The summed E-state index contributed by atoms with van der Waals surface area (Å²) in [5, 5.41) is 21.3. The Balaban J connectivity index is 2.01. The van der Waals surface area contributed by atoms with Crippen LogP contribution in [0.5, 0.6) is 5.75 Å². The molecule has 0 amide bonds. The first-order chi connectivity index (χ1) is 12.4. The predicted molar refractivity (Wildman–Crippen MR) is 101 cm³/mol. The second-order valence-corrected chi connectivity index (χ2v) is 7.12. The topological polar surface area (TPSA) is 82.9 Å². The number of carboxylic acid groups (broad SMARTS) is 1. The summed E-state index contributed by atoms with van der Waals surface area (Å²) in [6.45, 7) is 4.82. The third-order valence-corrected chi connectivity index (χ3v) is 5.44. The number of anilines is 1. The maximum atomic E-state index is 12.0. The normalized spacial score (nSPS) is 23.2. The molecule has 26 heavy (non-hydrogen) atoms. The zero-order valence-electron chi connectivity index (χ0n) is 15.5. The fourth-order valence-electron chi connectivity index (χ4n) is 3.94. The van der Waals surface area contributed by atoms with E-state index in [1.165, 1.54) is 0 Å². The van der Waals surface area contributed by atoms with Crippen LogP contribution < -0.4 is 9.64 Å². The summed E-state index contributed by atoms with van der Waals surface area (Å²) >= 11 is 0. The molecule has 6 nitrogen and oxygen atoms in total. The van der Waals surface area contributed by atoms with Crippen molar-refractivity contribution in [2.45, 2.75) is 39.2 Å². The molecule has 0 saturated carbocycles. The molecule has 1 fully saturated rings. The van der Waals surface area contributed by atoms with E-state index in [0.717, 1.165) is 28.0 Å². The SMILES string of the molecule is CCC[C@]1(C(=O)O)CN(c2cc(C)c3ccc(OC)cc3n2)CC[C@H]1O. The van der Waals surface area contributed by atoms with Crippen LogP contribution in [-0.2, 0) is 4.79 Å². The summed E-state index contributed by atoms with van der Waals surface area (Å²) in [7, 11) is 1.62. The Kier molecular flexibility index (Phi) is 5.05. The van der Waals surface area contributed by atoms with Crippen molar-refractivity contribution in [3.63, 3.8) is 0 Å². The number of hydrogen-bond donors (Lipinski definition) is 2. The van der Waals surface area contributed by atoms with Crippen molar-refractivity contribution in [1.82, 2.24) is 4.98 Å². The number of pyridine rings is 1. The van der Waals surface area contributed by atoms with Crippen LogP contribution in [0.3, 0.4) is 0 Å². The van der Waals surface area contributed by atoms with Crippen molar-refractivity contribution in [2.75, 3.05) is 25.1 Å². The van der Waals surface area contributed by atoms with Gasteiger partial charge in [0.05, 0.1) is 18.7 Å². The van der Waals surface area contributed by atoms with Gasteiger partial charge in [0.25, 0.3) is 0 Å². The zero-order valence-corrected chi connectivity index (χ0v) is 15.5. The summed E-state index contributed by atoms with van der Waals surface area (Å²) in [6.07, 6.45) is 0.736. The minimum Gasteiger partial charge on any atom is -0.497 e. The molecule has 2 aromatic rings. The Morgan fingerprint density at radius 3 is 2.85 bits per heavy atom. The van der Waals surface area contributed by atoms with Crippen molar-refractivity contribution < 1.29 is 19.7 Å². The molecule has 2 heterocycles. The van der Waals surface area contributed by atoms with Gasteiger partial charge in [-0.1, -0.05) is 13.3 Å². The van der Waals surface area contributed by atoms with Crippen LogP contribution >= 0.6 is 0 Å².